The van der Waals surface area contributed by atoms with Crippen molar-refractivity contribution in [1.82, 2.24) is 24.6 Å². The lowest BCUT2D eigenvalue weighted by atomic mass is 9.78. The van der Waals surface area contributed by atoms with Gasteiger partial charge in [-0.05, 0) is 31.4 Å². The number of carbonyl (C=O) groups excluding carboxylic acids is 1. The fraction of sp³-hybridized carbons (Fsp3) is 0.389. The first-order valence-electron chi connectivity index (χ1n) is 8.89. The van der Waals surface area contributed by atoms with Crippen molar-refractivity contribution in [2.45, 2.75) is 25.2 Å². The molecule has 3 aromatic heterocycles. The Morgan fingerprint density at radius 3 is 2.89 bits per heavy atom. The number of ether oxygens (including phenoxy) is 1. The van der Waals surface area contributed by atoms with Crippen molar-refractivity contribution in [1.29, 1.82) is 0 Å². The average Bonchev–Trinajstić information content (AvgIpc) is 3.21. The van der Waals surface area contributed by atoms with Crippen LogP contribution in [0.15, 0.2) is 24.8 Å². The monoisotopic (exact) mass is 365 g/mol. The first kappa shape index (κ1) is 16.1. The molecule has 0 atom stereocenters. The molecule has 138 valence electrons. The molecule has 1 amide bonds. The number of amides is 1. The number of hydrogen-bond donors (Lipinski definition) is 1. The van der Waals surface area contributed by atoms with Crippen molar-refractivity contribution in [3.63, 3.8) is 0 Å². The minimum absolute atomic E-state index is 0.0764. The van der Waals surface area contributed by atoms with Gasteiger partial charge in [0.05, 0.1) is 34.9 Å². The maximum Gasteiger partial charge on any atom is 0.239 e. The number of fused-ring (bicyclic) bond motifs is 3. The molecule has 2 aliphatic rings. The van der Waals surface area contributed by atoms with E-state index < -0.39 is 5.41 Å². The zero-order valence-corrected chi connectivity index (χ0v) is 15.1. The molecule has 0 unspecified atom stereocenters. The summed E-state index contributed by atoms with van der Waals surface area (Å²) < 4.78 is 7.18. The largest absolute Gasteiger partial charge is 0.381 e. The molecule has 0 radical (unpaired) electrons. The first-order valence-corrected chi connectivity index (χ1v) is 8.89. The van der Waals surface area contributed by atoms with Gasteiger partial charge in [-0.15, -0.1) is 0 Å². The number of rotatable bonds is 2. The second-order valence-electron chi connectivity index (χ2n) is 7.04. The Bertz CT molecular complexity index is 1060. The summed E-state index contributed by atoms with van der Waals surface area (Å²) >= 11 is 0. The molecule has 0 bridgehead atoms. The third-order valence-electron chi connectivity index (χ3n) is 5.51. The molecular weight excluding hydrogens is 346 g/mol. The fourth-order valence-corrected chi connectivity index (χ4v) is 3.94. The van der Waals surface area contributed by atoms with Gasteiger partial charge in [-0.3, -0.25) is 4.79 Å². The summed E-state index contributed by atoms with van der Waals surface area (Å²) in [6.07, 6.45) is 6.37. The van der Waals surface area contributed by atoms with Crippen molar-refractivity contribution in [2.24, 2.45) is 0 Å². The van der Waals surface area contributed by atoms with Crippen LogP contribution in [0.4, 0.5) is 17.3 Å². The van der Waals surface area contributed by atoms with Crippen LogP contribution in [0, 0.1) is 6.92 Å². The number of aryl methyl sites for hydroxylation is 1. The van der Waals surface area contributed by atoms with Crippen molar-refractivity contribution in [2.75, 3.05) is 30.5 Å². The van der Waals surface area contributed by atoms with Crippen molar-refractivity contribution >= 4 is 28.9 Å². The van der Waals surface area contributed by atoms with Crippen LogP contribution in [-0.2, 0) is 14.9 Å². The number of nitrogens with zero attached hydrogens (tertiary/aromatic N) is 6. The van der Waals surface area contributed by atoms with Crippen LogP contribution in [0.2, 0.25) is 0 Å². The molecule has 9 nitrogen and oxygen atoms in total. The van der Waals surface area contributed by atoms with E-state index >= 15 is 0 Å². The number of hydrogen-bond acceptors (Lipinski definition) is 7. The highest BCUT2D eigenvalue weighted by Gasteiger charge is 2.52. The molecule has 1 N–H and O–H groups in total. The van der Waals surface area contributed by atoms with Gasteiger partial charge < -0.3 is 15.0 Å². The van der Waals surface area contributed by atoms with Gasteiger partial charge in [-0.2, -0.15) is 5.10 Å². The molecule has 5 rings (SSSR count). The maximum absolute atomic E-state index is 12.9. The number of pyridine rings is 1. The van der Waals surface area contributed by atoms with Crippen LogP contribution in [0.3, 0.4) is 0 Å². The normalized spacial score (nSPS) is 18.3. The zero-order chi connectivity index (χ0) is 18.6. The van der Waals surface area contributed by atoms with Crippen molar-refractivity contribution < 1.29 is 9.53 Å². The standard InChI is InChI=1S/C18H19N7O2/c1-11-7-14-20-10-21-25(14)9-12(11)22-17-19-8-13-15(23-17)18(16(26)24(13)2)3-5-27-6-4-18/h7-10H,3-6H2,1-2H3,(H,19,22,23). The van der Waals surface area contributed by atoms with Gasteiger partial charge in [0.2, 0.25) is 11.9 Å². The molecule has 9 heteroatoms. The van der Waals surface area contributed by atoms with E-state index in [1.54, 1.807) is 22.7 Å². The molecule has 1 fully saturated rings. The number of aromatic nitrogens is 5. The lowest BCUT2D eigenvalue weighted by molar-refractivity contribution is -0.126. The highest BCUT2D eigenvalue weighted by atomic mass is 16.5. The molecule has 0 aliphatic carbocycles. The Kier molecular flexibility index (Phi) is 3.41. The maximum atomic E-state index is 12.9. The van der Waals surface area contributed by atoms with Gasteiger partial charge in [0.25, 0.3) is 0 Å². The van der Waals surface area contributed by atoms with Gasteiger partial charge in [-0.25, -0.2) is 19.5 Å². The van der Waals surface area contributed by atoms with Crippen LogP contribution < -0.4 is 10.2 Å². The van der Waals surface area contributed by atoms with E-state index in [4.69, 9.17) is 9.72 Å². The van der Waals surface area contributed by atoms with Crippen LogP contribution in [0.1, 0.15) is 24.1 Å². The zero-order valence-electron chi connectivity index (χ0n) is 15.1. The topological polar surface area (TPSA) is 97.5 Å². The van der Waals surface area contributed by atoms with Gasteiger partial charge in [0, 0.05) is 20.3 Å². The number of likely N-dealkylation sites (N-methyl/N-ethyl adjacent to an activating group) is 1. The fourth-order valence-electron chi connectivity index (χ4n) is 3.94. The highest BCUT2D eigenvalue weighted by molar-refractivity contribution is 6.07. The van der Waals surface area contributed by atoms with Gasteiger partial charge in [0.1, 0.15) is 6.33 Å². The predicted octanol–water partition coefficient (Wildman–Crippen LogP) is 1.60. The van der Waals surface area contributed by atoms with Gasteiger partial charge in [0.15, 0.2) is 5.65 Å². The van der Waals surface area contributed by atoms with E-state index in [0.29, 0.717) is 32.0 Å². The summed E-state index contributed by atoms with van der Waals surface area (Å²) in [6, 6.07) is 1.94. The van der Waals surface area contributed by atoms with Crippen LogP contribution in [-0.4, -0.2) is 50.7 Å². The number of anilines is 3. The number of nitrogens with one attached hydrogen (secondary N) is 1. The summed E-state index contributed by atoms with van der Waals surface area (Å²) in [5.74, 6) is 0.540. The third kappa shape index (κ3) is 2.31. The van der Waals surface area contributed by atoms with Crippen molar-refractivity contribution in [3.05, 3.63) is 36.0 Å². The molecule has 0 saturated carbocycles. The second-order valence-corrected chi connectivity index (χ2v) is 7.04. The van der Waals surface area contributed by atoms with E-state index in [2.05, 4.69) is 20.4 Å². The number of carbonyl (C=O) groups is 1. The van der Waals surface area contributed by atoms with E-state index in [0.717, 1.165) is 28.3 Å². The molecule has 3 aromatic rings. The molecule has 0 aromatic carbocycles. The van der Waals surface area contributed by atoms with E-state index in [1.165, 1.54) is 6.33 Å². The summed E-state index contributed by atoms with van der Waals surface area (Å²) in [5, 5.41) is 7.43. The van der Waals surface area contributed by atoms with E-state index in [1.807, 2.05) is 19.2 Å². The molecule has 5 heterocycles. The lowest BCUT2D eigenvalue weighted by Crippen LogP contribution is -2.43. The minimum atomic E-state index is -0.605. The van der Waals surface area contributed by atoms with Crippen LogP contribution in [0.25, 0.3) is 5.65 Å². The Morgan fingerprint density at radius 1 is 1.26 bits per heavy atom. The summed E-state index contributed by atoms with van der Waals surface area (Å²) in [5.41, 5.74) is 3.58. The lowest BCUT2D eigenvalue weighted by Gasteiger charge is -2.31. The molecular formula is C18H19N7O2. The first-order chi connectivity index (χ1) is 13.1. The highest BCUT2D eigenvalue weighted by Crippen LogP contribution is 2.46. The third-order valence-corrected chi connectivity index (χ3v) is 5.51. The van der Waals surface area contributed by atoms with Crippen LogP contribution in [0.5, 0.6) is 0 Å². The Labute approximate surface area is 155 Å². The quantitative estimate of drug-likeness (QED) is 0.736. The minimum Gasteiger partial charge on any atom is -0.381 e. The summed E-state index contributed by atoms with van der Waals surface area (Å²) in [4.78, 5) is 28.0. The molecule has 27 heavy (non-hydrogen) atoms. The summed E-state index contributed by atoms with van der Waals surface area (Å²) in [6.45, 7) is 3.11. The predicted molar refractivity (Wildman–Crippen MR) is 98.2 cm³/mol. The molecule has 2 aliphatic heterocycles. The van der Waals surface area contributed by atoms with Gasteiger partial charge in [-0.1, -0.05) is 0 Å². The van der Waals surface area contributed by atoms with Crippen molar-refractivity contribution in [3.8, 4) is 0 Å². The average molecular weight is 365 g/mol. The Balaban J connectivity index is 1.55. The van der Waals surface area contributed by atoms with E-state index in [-0.39, 0.29) is 5.91 Å². The SMILES string of the molecule is Cc1cc2ncnn2cc1Nc1ncc2c(n1)C1(CCOCC1)C(=O)N2C. The van der Waals surface area contributed by atoms with Crippen LogP contribution >= 0.6 is 0 Å². The van der Waals surface area contributed by atoms with Gasteiger partial charge >= 0.3 is 0 Å². The molecule has 1 saturated heterocycles. The summed E-state index contributed by atoms with van der Waals surface area (Å²) in [7, 11) is 1.78. The Hall–Kier alpha value is -3.07. The van der Waals surface area contributed by atoms with E-state index in [9.17, 15) is 4.79 Å². The smallest absolute Gasteiger partial charge is 0.239 e. The second kappa shape index (κ2) is 5.71. The Morgan fingerprint density at radius 2 is 2.07 bits per heavy atom. The molecule has 1 spiro atoms.